The predicted molar refractivity (Wildman–Crippen MR) is 93.1 cm³/mol. The minimum atomic E-state index is 0.369. The van der Waals surface area contributed by atoms with Gasteiger partial charge in [-0.25, -0.2) is 0 Å². The lowest BCUT2D eigenvalue weighted by molar-refractivity contribution is 0.594. The number of fused-ring (bicyclic) bond motifs is 1. The van der Waals surface area contributed by atoms with Crippen LogP contribution in [0.3, 0.4) is 0 Å². The van der Waals surface area contributed by atoms with Gasteiger partial charge in [0.2, 0.25) is 0 Å². The number of hydrogen-bond acceptors (Lipinski definition) is 2. The highest BCUT2D eigenvalue weighted by molar-refractivity contribution is 7.17. The first-order valence-corrected chi connectivity index (χ1v) is 8.41. The van der Waals surface area contributed by atoms with E-state index in [0.29, 0.717) is 6.04 Å². The molecule has 1 atom stereocenters. The molecule has 0 amide bonds. The Hall–Kier alpha value is -1.64. The monoisotopic (exact) mass is 295 g/mol. The number of nitrogens with one attached hydrogen (secondary N) is 1. The molecule has 0 fully saturated rings. The summed E-state index contributed by atoms with van der Waals surface area (Å²) in [6.45, 7) is 2.20. The van der Waals surface area contributed by atoms with Crippen molar-refractivity contribution in [3.63, 3.8) is 0 Å². The van der Waals surface area contributed by atoms with Crippen molar-refractivity contribution in [2.75, 3.05) is 7.05 Å². The van der Waals surface area contributed by atoms with E-state index in [-0.39, 0.29) is 0 Å². The van der Waals surface area contributed by atoms with Gasteiger partial charge >= 0.3 is 0 Å². The molecule has 1 nitrogen and oxygen atoms in total. The molecule has 1 heterocycles. The highest BCUT2D eigenvalue weighted by Crippen LogP contribution is 2.29. The van der Waals surface area contributed by atoms with E-state index in [1.165, 1.54) is 26.8 Å². The van der Waals surface area contributed by atoms with Crippen molar-refractivity contribution in [2.24, 2.45) is 0 Å². The second kappa shape index (κ2) is 6.42. The lowest BCUT2D eigenvalue weighted by atomic mass is 9.97. The van der Waals surface area contributed by atoms with Crippen molar-refractivity contribution in [1.82, 2.24) is 5.32 Å². The van der Waals surface area contributed by atoms with E-state index in [2.05, 4.69) is 66.2 Å². The number of thiophene rings is 1. The van der Waals surface area contributed by atoms with Crippen LogP contribution in [0.15, 0.2) is 53.9 Å². The fraction of sp³-hybridized carbons (Fsp3) is 0.263. The number of benzene rings is 2. The molecule has 3 aromatic rings. The van der Waals surface area contributed by atoms with Gasteiger partial charge in [-0.2, -0.15) is 0 Å². The van der Waals surface area contributed by atoms with E-state index in [9.17, 15) is 0 Å². The molecule has 0 aliphatic carbocycles. The fourth-order valence-corrected chi connectivity index (χ4v) is 3.76. The highest BCUT2D eigenvalue weighted by atomic mass is 32.1. The summed E-state index contributed by atoms with van der Waals surface area (Å²) in [6.07, 6.45) is 2.13. The first-order valence-electron chi connectivity index (χ1n) is 7.53. The molecule has 0 bridgehead atoms. The van der Waals surface area contributed by atoms with Crippen molar-refractivity contribution in [2.45, 2.75) is 25.8 Å². The third-order valence-electron chi connectivity index (χ3n) is 4.12. The molecule has 0 saturated heterocycles. The molecule has 0 saturated carbocycles. The SMILES string of the molecule is CCc1ccc(C(Cc2csc3ccccc23)NC)cc1. The van der Waals surface area contributed by atoms with Gasteiger partial charge in [-0.15, -0.1) is 11.3 Å². The van der Waals surface area contributed by atoms with Crippen LogP contribution in [0.25, 0.3) is 10.1 Å². The van der Waals surface area contributed by atoms with Gasteiger partial charge in [0.1, 0.15) is 0 Å². The lowest BCUT2D eigenvalue weighted by Gasteiger charge is -2.17. The van der Waals surface area contributed by atoms with E-state index < -0.39 is 0 Å². The number of aryl methyl sites for hydroxylation is 1. The van der Waals surface area contributed by atoms with Crippen LogP contribution in [-0.2, 0) is 12.8 Å². The zero-order valence-corrected chi connectivity index (χ0v) is 13.4. The van der Waals surface area contributed by atoms with Crippen LogP contribution in [0.5, 0.6) is 0 Å². The maximum absolute atomic E-state index is 3.46. The summed E-state index contributed by atoms with van der Waals surface area (Å²) in [6, 6.07) is 18.0. The average Bonchev–Trinajstić information content (AvgIpc) is 2.96. The van der Waals surface area contributed by atoms with Crippen molar-refractivity contribution in [3.8, 4) is 0 Å². The van der Waals surface area contributed by atoms with Gasteiger partial charge in [-0.1, -0.05) is 49.4 Å². The third kappa shape index (κ3) is 3.02. The Kier molecular flexibility index (Phi) is 4.37. The summed E-state index contributed by atoms with van der Waals surface area (Å²) in [4.78, 5) is 0. The van der Waals surface area contributed by atoms with Crippen LogP contribution in [0, 0.1) is 0 Å². The Morgan fingerprint density at radius 3 is 2.52 bits per heavy atom. The zero-order chi connectivity index (χ0) is 14.7. The summed E-state index contributed by atoms with van der Waals surface area (Å²) < 4.78 is 1.38. The average molecular weight is 295 g/mol. The van der Waals surface area contributed by atoms with E-state index in [4.69, 9.17) is 0 Å². The van der Waals surface area contributed by atoms with E-state index >= 15 is 0 Å². The molecule has 1 N–H and O–H groups in total. The van der Waals surface area contributed by atoms with Gasteiger partial charge < -0.3 is 5.32 Å². The molecule has 21 heavy (non-hydrogen) atoms. The highest BCUT2D eigenvalue weighted by Gasteiger charge is 2.13. The maximum Gasteiger partial charge on any atom is 0.0358 e. The molecule has 0 spiro atoms. The molecular weight excluding hydrogens is 274 g/mol. The molecular formula is C19H21NS. The number of rotatable bonds is 5. The second-order valence-corrected chi connectivity index (χ2v) is 6.31. The van der Waals surface area contributed by atoms with Crippen molar-refractivity contribution >= 4 is 21.4 Å². The Labute approximate surface area is 130 Å². The van der Waals surface area contributed by atoms with Gasteiger partial charge in [0, 0.05) is 10.7 Å². The molecule has 1 unspecified atom stereocenters. The molecule has 3 rings (SSSR count). The first kappa shape index (κ1) is 14.3. The third-order valence-corrected chi connectivity index (χ3v) is 5.14. The van der Waals surface area contributed by atoms with Gasteiger partial charge in [-0.05, 0) is 53.4 Å². The number of likely N-dealkylation sites (N-methyl/N-ethyl adjacent to an activating group) is 1. The van der Waals surface area contributed by atoms with Gasteiger partial charge in [0.15, 0.2) is 0 Å². The summed E-state index contributed by atoms with van der Waals surface area (Å²) in [5.74, 6) is 0. The van der Waals surface area contributed by atoms with Crippen LogP contribution in [0.1, 0.15) is 29.7 Å². The molecule has 0 aliphatic rings. The minimum absolute atomic E-state index is 0.369. The Bertz CT molecular complexity index is 712. The quantitative estimate of drug-likeness (QED) is 0.701. The molecule has 0 radical (unpaired) electrons. The predicted octanol–water partition coefficient (Wildman–Crippen LogP) is 4.97. The molecule has 2 heteroatoms. The largest absolute Gasteiger partial charge is 0.313 e. The Morgan fingerprint density at radius 1 is 1.05 bits per heavy atom. The molecule has 2 aromatic carbocycles. The van der Waals surface area contributed by atoms with Crippen molar-refractivity contribution in [1.29, 1.82) is 0 Å². The number of hydrogen-bond donors (Lipinski definition) is 1. The molecule has 0 aliphatic heterocycles. The summed E-state index contributed by atoms with van der Waals surface area (Å²) in [5.41, 5.74) is 4.20. The zero-order valence-electron chi connectivity index (χ0n) is 12.6. The van der Waals surface area contributed by atoms with Crippen LogP contribution in [0.4, 0.5) is 0 Å². The van der Waals surface area contributed by atoms with Gasteiger partial charge in [0.25, 0.3) is 0 Å². The normalized spacial score (nSPS) is 12.7. The van der Waals surface area contributed by atoms with Gasteiger partial charge in [-0.3, -0.25) is 0 Å². The van der Waals surface area contributed by atoms with Gasteiger partial charge in [0.05, 0.1) is 0 Å². The van der Waals surface area contributed by atoms with Crippen molar-refractivity contribution in [3.05, 3.63) is 70.6 Å². The fourth-order valence-electron chi connectivity index (χ4n) is 2.78. The van der Waals surface area contributed by atoms with E-state index in [1.54, 1.807) is 0 Å². The molecule has 108 valence electrons. The standard InChI is InChI=1S/C19H21NS/c1-3-14-8-10-15(11-9-14)18(20-2)12-16-13-21-19-7-5-4-6-17(16)19/h4-11,13,18,20H,3,12H2,1-2H3. The molecule has 1 aromatic heterocycles. The maximum atomic E-state index is 3.46. The van der Waals surface area contributed by atoms with E-state index in [1.807, 2.05) is 18.4 Å². The minimum Gasteiger partial charge on any atom is -0.313 e. The Balaban J connectivity index is 1.86. The smallest absolute Gasteiger partial charge is 0.0358 e. The van der Waals surface area contributed by atoms with Crippen molar-refractivity contribution < 1.29 is 0 Å². The van der Waals surface area contributed by atoms with Crippen LogP contribution in [0.2, 0.25) is 0 Å². The summed E-state index contributed by atoms with van der Waals surface area (Å²) in [7, 11) is 2.05. The second-order valence-electron chi connectivity index (χ2n) is 5.40. The van der Waals surface area contributed by atoms with Crippen LogP contribution < -0.4 is 5.32 Å². The Morgan fingerprint density at radius 2 is 1.81 bits per heavy atom. The first-order chi connectivity index (χ1) is 10.3. The topological polar surface area (TPSA) is 12.0 Å². The summed E-state index contributed by atoms with van der Waals surface area (Å²) in [5, 5.41) is 7.16. The van der Waals surface area contributed by atoms with E-state index in [0.717, 1.165) is 12.8 Å². The van der Waals surface area contributed by atoms with Crippen LogP contribution >= 0.6 is 11.3 Å². The van der Waals surface area contributed by atoms with Crippen LogP contribution in [-0.4, -0.2) is 7.05 Å². The summed E-state index contributed by atoms with van der Waals surface area (Å²) >= 11 is 1.84. The lowest BCUT2D eigenvalue weighted by Crippen LogP contribution is -2.18.